The predicted octanol–water partition coefficient (Wildman–Crippen LogP) is 2.60. The molecule has 102 valence electrons. The van der Waals surface area contributed by atoms with E-state index in [4.69, 9.17) is 9.47 Å². The molecule has 0 spiro atoms. The van der Waals surface area contributed by atoms with Crippen LogP contribution in [0.5, 0.6) is 0 Å². The average Bonchev–Trinajstić information content (AvgIpc) is 2.53. The van der Waals surface area contributed by atoms with Crippen molar-refractivity contribution in [3.8, 4) is 0 Å². The van der Waals surface area contributed by atoms with Gasteiger partial charge < -0.3 is 14.8 Å². The summed E-state index contributed by atoms with van der Waals surface area (Å²) in [6, 6.07) is 0.530. The van der Waals surface area contributed by atoms with Gasteiger partial charge in [-0.3, -0.25) is 0 Å². The smallest absolute Gasteiger partial charge is 0.0729 e. The zero-order valence-electron chi connectivity index (χ0n) is 11.7. The van der Waals surface area contributed by atoms with Crippen molar-refractivity contribution >= 4 is 0 Å². The van der Waals surface area contributed by atoms with Crippen LogP contribution in [0.3, 0.4) is 0 Å². The molecule has 3 nitrogen and oxygen atoms in total. The van der Waals surface area contributed by atoms with E-state index in [1.54, 1.807) is 0 Å². The summed E-state index contributed by atoms with van der Waals surface area (Å²) in [6.07, 6.45) is 6.79. The van der Waals surface area contributed by atoms with E-state index in [2.05, 4.69) is 19.2 Å². The van der Waals surface area contributed by atoms with Crippen LogP contribution in [0.4, 0.5) is 0 Å². The maximum atomic E-state index is 5.96. The van der Waals surface area contributed by atoms with Crippen LogP contribution < -0.4 is 5.32 Å². The molecule has 0 bridgehead atoms. The normalized spacial score (nSPS) is 26.1. The van der Waals surface area contributed by atoms with Crippen LogP contribution in [-0.4, -0.2) is 39.0 Å². The van der Waals surface area contributed by atoms with Crippen molar-refractivity contribution in [2.75, 3.05) is 26.9 Å². The summed E-state index contributed by atoms with van der Waals surface area (Å²) in [4.78, 5) is 0. The lowest BCUT2D eigenvalue weighted by Gasteiger charge is -2.25. The standard InChI is InChI=1S/C14H29NO2/c1-12(2)11-16-9-10-17-14-8-6-4-5-7-13(14)15-3/h12-15H,4-11H2,1-3H3. The lowest BCUT2D eigenvalue weighted by molar-refractivity contribution is -0.0172. The predicted molar refractivity (Wildman–Crippen MR) is 71.3 cm³/mol. The zero-order valence-corrected chi connectivity index (χ0v) is 11.7. The Kier molecular flexibility index (Phi) is 7.82. The van der Waals surface area contributed by atoms with Crippen molar-refractivity contribution in [3.63, 3.8) is 0 Å². The monoisotopic (exact) mass is 243 g/mol. The van der Waals surface area contributed by atoms with Crippen molar-refractivity contribution in [2.45, 2.75) is 58.1 Å². The van der Waals surface area contributed by atoms with Crippen molar-refractivity contribution in [1.82, 2.24) is 5.32 Å². The number of ether oxygens (including phenoxy) is 2. The Morgan fingerprint density at radius 1 is 1.12 bits per heavy atom. The molecule has 2 atom stereocenters. The van der Waals surface area contributed by atoms with E-state index in [0.29, 0.717) is 18.1 Å². The van der Waals surface area contributed by atoms with Crippen LogP contribution in [0.25, 0.3) is 0 Å². The second kappa shape index (κ2) is 8.90. The third kappa shape index (κ3) is 6.39. The molecular formula is C14H29NO2. The van der Waals surface area contributed by atoms with Crippen LogP contribution in [0, 0.1) is 5.92 Å². The summed E-state index contributed by atoms with van der Waals surface area (Å²) in [6.45, 7) is 6.64. The van der Waals surface area contributed by atoms with Gasteiger partial charge in [0.15, 0.2) is 0 Å². The first kappa shape index (κ1) is 14.9. The number of hydrogen-bond donors (Lipinski definition) is 1. The van der Waals surface area contributed by atoms with Crippen molar-refractivity contribution in [3.05, 3.63) is 0 Å². The second-order valence-electron chi connectivity index (χ2n) is 5.41. The molecule has 17 heavy (non-hydrogen) atoms. The quantitative estimate of drug-likeness (QED) is 0.551. The van der Waals surface area contributed by atoms with Crippen molar-refractivity contribution < 1.29 is 9.47 Å². The summed E-state index contributed by atoms with van der Waals surface area (Å²) in [5.41, 5.74) is 0. The van der Waals surface area contributed by atoms with E-state index in [1.807, 2.05) is 7.05 Å². The van der Waals surface area contributed by atoms with Gasteiger partial charge in [0.05, 0.1) is 19.3 Å². The van der Waals surface area contributed by atoms with Gasteiger partial charge in [-0.1, -0.05) is 33.1 Å². The molecule has 2 unspecified atom stereocenters. The maximum Gasteiger partial charge on any atom is 0.0729 e. The Morgan fingerprint density at radius 2 is 1.88 bits per heavy atom. The third-order valence-electron chi connectivity index (χ3n) is 3.33. The molecule has 0 aromatic rings. The van der Waals surface area contributed by atoms with E-state index < -0.39 is 0 Å². The van der Waals surface area contributed by atoms with Gasteiger partial charge in [0, 0.05) is 12.6 Å². The summed E-state index contributed by atoms with van der Waals surface area (Å²) in [7, 11) is 2.04. The number of likely N-dealkylation sites (N-methyl/N-ethyl adjacent to an activating group) is 1. The molecule has 0 saturated heterocycles. The lowest BCUT2D eigenvalue weighted by Crippen LogP contribution is -2.39. The minimum Gasteiger partial charge on any atom is -0.379 e. The Hall–Kier alpha value is -0.120. The fourth-order valence-corrected chi connectivity index (χ4v) is 2.38. The molecule has 1 aliphatic carbocycles. The zero-order chi connectivity index (χ0) is 12.5. The fourth-order valence-electron chi connectivity index (χ4n) is 2.38. The first-order valence-electron chi connectivity index (χ1n) is 7.10. The molecule has 0 aromatic carbocycles. The Labute approximate surface area is 106 Å². The Morgan fingerprint density at radius 3 is 2.59 bits per heavy atom. The molecule has 0 radical (unpaired) electrons. The summed E-state index contributed by atoms with van der Waals surface area (Å²) < 4.78 is 11.5. The highest BCUT2D eigenvalue weighted by Crippen LogP contribution is 2.20. The van der Waals surface area contributed by atoms with Gasteiger partial charge in [0.1, 0.15) is 0 Å². The van der Waals surface area contributed by atoms with Gasteiger partial charge in [-0.25, -0.2) is 0 Å². The van der Waals surface area contributed by atoms with E-state index in [-0.39, 0.29) is 0 Å². The topological polar surface area (TPSA) is 30.5 Å². The fraction of sp³-hybridized carbons (Fsp3) is 1.00. The molecular weight excluding hydrogens is 214 g/mol. The average molecular weight is 243 g/mol. The second-order valence-corrected chi connectivity index (χ2v) is 5.41. The minimum absolute atomic E-state index is 0.380. The van der Waals surface area contributed by atoms with Crippen LogP contribution >= 0.6 is 0 Å². The molecule has 0 aromatic heterocycles. The highest BCUT2D eigenvalue weighted by Gasteiger charge is 2.22. The number of nitrogens with one attached hydrogen (secondary N) is 1. The first-order chi connectivity index (χ1) is 8.24. The molecule has 1 aliphatic rings. The molecule has 3 heteroatoms. The van der Waals surface area contributed by atoms with Gasteiger partial charge in [-0.05, 0) is 25.8 Å². The molecule has 1 saturated carbocycles. The Bertz CT molecular complexity index is 185. The molecule has 0 aliphatic heterocycles. The van der Waals surface area contributed by atoms with Crippen LogP contribution in [0.2, 0.25) is 0 Å². The summed E-state index contributed by atoms with van der Waals surface area (Å²) >= 11 is 0. The summed E-state index contributed by atoms with van der Waals surface area (Å²) in [5, 5.41) is 3.39. The van der Waals surface area contributed by atoms with E-state index in [1.165, 1.54) is 32.1 Å². The van der Waals surface area contributed by atoms with Gasteiger partial charge in [0.2, 0.25) is 0 Å². The highest BCUT2D eigenvalue weighted by molar-refractivity contribution is 4.79. The SMILES string of the molecule is CNC1CCCCCC1OCCOCC(C)C. The molecule has 1 rings (SSSR count). The largest absolute Gasteiger partial charge is 0.379 e. The van der Waals surface area contributed by atoms with Gasteiger partial charge >= 0.3 is 0 Å². The van der Waals surface area contributed by atoms with Crippen LogP contribution in [-0.2, 0) is 9.47 Å². The van der Waals surface area contributed by atoms with Crippen LogP contribution in [0.1, 0.15) is 46.0 Å². The lowest BCUT2D eigenvalue weighted by atomic mass is 10.1. The summed E-state index contributed by atoms with van der Waals surface area (Å²) in [5.74, 6) is 0.609. The maximum absolute atomic E-state index is 5.96. The minimum atomic E-state index is 0.380. The number of hydrogen-bond acceptors (Lipinski definition) is 3. The Balaban J connectivity index is 2.14. The third-order valence-corrected chi connectivity index (χ3v) is 3.33. The highest BCUT2D eigenvalue weighted by atomic mass is 16.5. The van der Waals surface area contributed by atoms with E-state index in [9.17, 15) is 0 Å². The van der Waals surface area contributed by atoms with Gasteiger partial charge in [0.25, 0.3) is 0 Å². The van der Waals surface area contributed by atoms with E-state index >= 15 is 0 Å². The van der Waals surface area contributed by atoms with Crippen LogP contribution in [0.15, 0.2) is 0 Å². The first-order valence-corrected chi connectivity index (χ1v) is 7.10. The van der Waals surface area contributed by atoms with Crippen molar-refractivity contribution in [1.29, 1.82) is 0 Å². The number of rotatable bonds is 7. The van der Waals surface area contributed by atoms with Crippen molar-refractivity contribution in [2.24, 2.45) is 5.92 Å². The molecule has 1 fully saturated rings. The van der Waals surface area contributed by atoms with Gasteiger partial charge in [-0.15, -0.1) is 0 Å². The van der Waals surface area contributed by atoms with Gasteiger partial charge in [-0.2, -0.15) is 0 Å². The van der Waals surface area contributed by atoms with E-state index in [0.717, 1.165) is 19.8 Å². The molecule has 0 amide bonds. The molecule has 0 heterocycles. The molecule has 1 N–H and O–H groups in total.